The van der Waals surface area contributed by atoms with Crippen molar-refractivity contribution in [1.82, 2.24) is 4.98 Å². The third kappa shape index (κ3) is 2.85. The van der Waals surface area contributed by atoms with E-state index in [1.807, 2.05) is 0 Å². The fraction of sp³-hybridized carbons (Fsp3) is 0.467. The first kappa shape index (κ1) is 13.9. The van der Waals surface area contributed by atoms with Crippen molar-refractivity contribution in [2.75, 3.05) is 31.7 Å². The molecule has 0 atom stereocenters. The number of anilines is 1. The van der Waals surface area contributed by atoms with E-state index in [1.165, 1.54) is 6.07 Å². The average molecular weight is 290 g/mol. The molecule has 2 aromatic rings. The van der Waals surface area contributed by atoms with Crippen LogP contribution in [0.3, 0.4) is 0 Å². The Morgan fingerprint density at radius 2 is 2.24 bits per heavy atom. The minimum Gasteiger partial charge on any atom is -0.478 e. The molecule has 3 rings (SSSR count). The molecule has 0 saturated carbocycles. The van der Waals surface area contributed by atoms with E-state index in [9.17, 15) is 4.79 Å². The summed E-state index contributed by atoms with van der Waals surface area (Å²) in [5, 5.41) is 9.00. The number of nitrogens with zero attached hydrogens (tertiary/aromatic N) is 2. The van der Waals surface area contributed by atoms with Gasteiger partial charge in [-0.15, -0.1) is 0 Å². The number of piperidine rings is 1. The van der Waals surface area contributed by atoms with Crippen LogP contribution >= 0.6 is 0 Å². The summed E-state index contributed by atoms with van der Waals surface area (Å²) in [6.07, 6.45) is 2.10. The van der Waals surface area contributed by atoms with Gasteiger partial charge in [0.25, 0.3) is 6.01 Å². The second-order valence-electron chi connectivity index (χ2n) is 5.37. The largest absolute Gasteiger partial charge is 0.478 e. The van der Waals surface area contributed by atoms with Gasteiger partial charge in [0.2, 0.25) is 0 Å². The predicted octanol–water partition coefficient (Wildman–Crippen LogP) is 2.39. The topological polar surface area (TPSA) is 75.8 Å². The third-order valence-electron chi connectivity index (χ3n) is 3.91. The van der Waals surface area contributed by atoms with Gasteiger partial charge >= 0.3 is 5.97 Å². The number of benzene rings is 1. The van der Waals surface area contributed by atoms with E-state index in [1.54, 1.807) is 19.2 Å². The summed E-state index contributed by atoms with van der Waals surface area (Å²) >= 11 is 0. The molecule has 0 aliphatic carbocycles. The van der Waals surface area contributed by atoms with Crippen molar-refractivity contribution in [3.8, 4) is 0 Å². The van der Waals surface area contributed by atoms with Gasteiger partial charge in [0, 0.05) is 26.8 Å². The molecular formula is C15H18N2O4. The molecule has 112 valence electrons. The number of carboxylic acid groups (broad SMARTS) is 1. The predicted molar refractivity (Wildman–Crippen MR) is 77.8 cm³/mol. The number of hydrogen-bond donors (Lipinski definition) is 1. The Labute approximate surface area is 122 Å². The molecule has 0 bridgehead atoms. The number of ether oxygens (including phenoxy) is 1. The Morgan fingerprint density at radius 3 is 2.90 bits per heavy atom. The molecule has 0 spiro atoms. The highest BCUT2D eigenvalue weighted by Crippen LogP contribution is 2.27. The van der Waals surface area contributed by atoms with Gasteiger partial charge in [-0.05, 0) is 37.0 Å². The molecular weight excluding hydrogens is 272 g/mol. The smallest absolute Gasteiger partial charge is 0.335 e. The molecule has 1 saturated heterocycles. The highest BCUT2D eigenvalue weighted by atomic mass is 16.5. The molecule has 0 unspecified atom stereocenters. The van der Waals surface area contributed by atoms with Crippen LogP contribution in [0.15, 0.2) is 22.6 Å². The third-order valence-corrected chi connectivity index (χ3v) is 3.91. The summed E-state index contributed by atoms with van der Waals surface area (Å²) in [5.74, 6) is -0.371. The Balaban J connectivity index is 1.77. The van der Waals surface area contributed by atoms with Crippen LogP contribution in [0, 0.1) is 5.92 Å². The molecule has 0 amide bonds. The summed E-state index contributed by atoms with van der Waals surface area (Å²) in [6, 6.07) is 5.32. The molecule has 0 radical (unpaired) electrons. The zero-order valence-electron chi connectivity index (χ0n) is 11.9. The first-order valence-corrected chi connectivity index (χ1v) is 7.05. The van der Waals surface area contributed by atoms with E-state index >= 15 is 0 Å². The number of carbonyl (C=O) groups is 1. The standard InChI is InChI=1S/C15H18N2O4/c1-20-9-10-4-6-17(7-5-10)15-16-12-3-2-11(14(18)19)8-13(12)21-15/h2-3,8,10H,4-7,9H2,1H3,(H,18,19). The number of hydrogen-bond acceptors (Lipinski definition) is 5. The minimum absolute atomic E-state index is 0.212. The van der Waals surface area contributed by atoms with Crippen LogP contribution in [0.2, 0.25) is 0 Å². The number of fused-ring (bicyclic) bond motifs is 1. The maximum atomic E-state index is 11.0. The Hall–Kier alpha value is -2.08. The van der Waals surface area contributed by atoms with Gasteiger partial charge in [-0.2, -0.15) is 4.98 Å². The van der Waals surface area contributed by atoms with Crippen molar-refractivity contribution in [2.24, 2.45) is 5.92 Å². The quantitative estimate of drug-likeness (QED) is 0.931. The SMILES string of the molecule is COCC1CCN(c2nc3ccc(C(=O)O)cc3o2)CC1. The van der Waals surface area contributed by atoms with Gasteiger partial charge in [-0.1, -0.05) is 0 Å². The van der Waals surface area contributed by atoms with Gasteiger partial charge in [0.05, 0.1) is 5.56 Å². The molecule has 21 heavy (non-hydrogen) atoms. The average Bonchev–Trinajstić information content (AvgIpc) is 2.91. The first-order valence-electron chi connectivity index (χ1n) is 7.05. The summed E-state index contributed by atoms with van der Waals surface area (Å²) in [7, 11) is 1.73. The zero-order valence-corrected chi connectivity index (χ0v) is 11.9. The van der Waals surface area contributed by atoms with Crippen molar-refractivity contribution in [3.05, 3.63) is 23.8 Å². The van der Waals surface area contributed by atoms with Crippen LogP contribution < -0.4 is 4.90 Å². The van der Waals surface area contributed by atoms with E-state index in [-0.39, 0.29) is 5.56 Å². The Morgan fingerprint density at radius 1 is 1.48 bits per heavy atom. The van der Waals surface area contributed by atoms with Crippen LogP contribution in [0.1, 0.15) is 23.2 Å². The highest BCUT2D eigenvalue weighted by molar-refractivity contribution is 5.92. The van der Waals surface area contributed by atoms with Crippen molar-refractivity contribution in [3.63, 3.8) is 0 Å². The number of rotatable bonds is 4. The summed E-state index contributed by atoms with van der Waals surface area (Å²) in [6.45, 7) is 2.56. The number of methoxy groups -OCH3 is 1. The van der Waals surface area contributed by atoms with Crippen molar-refractivity contribution in [1.29, 1.82) is 0 Å². The zero-order chi connectivity index (χ0) is 14.8. The molecule has 1 aliphatic rings. The highest BCUT2D eigenvalue weighted by Gasteiger charge is 2.22. The maximum Gasteiger partial charge on any atom is 0.335 e. The first-order chi connectivity index (χ1) is 10.2. The number of oxazole rings is 1. The lowest BCUT2D eigenvalue weighted by Crippen LogP contribution is -2.35. The Bertz CT molecular complexity index is 644. The van der Waals surface area contributed by atoms with Gasteiger partial charge in [-0.25, -0.2) is 4.79 Å². The molecule has 1 aliphatic heterocycles. The van der Waals surface area contributed by atoms with Crippen LogP contribution in [0.25, 0.3) is 11.1 Å². The van der Waals surface area contributed by atoms with Crippen LogP contribution in [-0.4, -0.2) is 42.9 Å². The molecule has 1 fully saturated rings. The second-order valence-corrected chi connectivity index (χ2v) is 5.37. The lowest BCUT2D eigenvalue weighted by atomic mass is 9.98. The fourth-order valence-corrected chi connectivity index (χ4v) is 2.71. The van der Waals surface area contributed by atoms with E-state index < -0.39 is 5.97 Å². The monoisotopic (exact) mass is 290 g/mol. The second kappa shape index (κ2) is 5.73. The van der Waals surface area contributed by atoms with Crippen molar-refractivity contribution >= 4 is 23.1 Å². The molecule has 6 heteroatoms. The molecule has 1 aromatic carbocycles. The lowest BCUT2D eigenvalue weighted by molar-refractivity contribution is 0.0697. The summed E-state index contributed by atoms with van der Waals surface area (Å²) < 4.78 is 10.9. The summed E-state index contributed by atoms with van der Waals surface area (Å²) in [5.41, 5.74) is 1.42. The van der Waals surface area contributed by atoms with Gasteiger partial charge in [-0.3, -0.25) is 0 Å². The number of carboxylic acids is 1. The molecule has 1 N–H and O–H groups in total. The van der Waals surface area contributed by atoms with Crippen molar-refractivity contribution < 1.29 is 19.1 Å². The number of aromatic carboxylic acids is 1. The van der Waals surface area contributed by atoms with Gasteiger partial charge < -0.3 is 19.2 Å². The van der Waals surface area contributed by atoms with Gasteiger partial charge in [0.1, 0.15) is 5.52 Å². The molecule has 6 nitrogen and oxygen atoms in total. The van der Waals surface area contributed by atoms with Crippen LogP contribution in [0.5, 0.6) is 0 Å². The normalized spacial score (nSPS) is 16.5. The Kier molecular flexibility index (Phi) is 3.79. The molecule has 1 aromatic heterocycles. The summed E-state index contributed by atoms with van der Waals surface area (Å²) in [4.78, 5) is 17.5. The van der Waals surface area contributed by atoms with Crippen LogP contribution in [0.4, 0.5) is 6.01 Å². The van der Waals surface area contributed by atoms with Crippen LogP contribution in [-0.2, 0) is 4.74 Å². The lowest BCUT2D eigenvalue weighted by Gasteiger charge is -2.30. The van der Waals surface area contributed by atoms with E-state index in [0.29, 0.717) is 23.0 Å². The number of aromatic nitrogens is 1. The van der Waals surface area contributed by atoms with E-state index in [0.717, 1.165) is 32.5 Å². The van der Waals surface area contributed by atoms with E-state index in [4.69, 9.17) is 14.3 Å². The minimum atomic E-state index is -0.963. The maximum absolute atomic E-state index is 11.0. The van der Waals surface area contributed by atoms with E-state index in [2.05, 4.69) is 9.88 Å². The molecule has 2 heterocycles. The van der Waals surface area contributed by atoms with Gasteiger partial charge in [0.15, 0.2) is 5.58 Å². The fourth-order valence-electron chi connectivity index (χ4n) is 2.71. The van der Waals surface area contributed by atoms with Crippen molar-refractivity contribution in [2.45, 2.75) is 12.8 Å².